The summed E-state index contributed by atoms with van der Waals surface area (Å²) in [6.45, 7) is 0.424. The molecule has 1 aromatic carbocycles. The Balaban J connectivity index is 2.11. The number of nitrogens with two attached hydrogens (primary N) is 1. The zero-order valence-corrected chi connectivity index (χ0v) is 19.0. The fourth-order valence-electron chi connectivity index (χ4n) is 3.17. The second-order valence-corrected chi connectivity index (χ2v) is 7.95. The molecule has 0 fully saturated rings. The second kappa shape index (κ2) is 13.2. The maximum atomic E-state index is 12.8. The van der Waals surface area contributed by atoms with Gasteiger partial charge in [-0.25, -0.2) is 9.78 Å². The topological polar surface area (TPSA) is 220 Å². The summed E-state index contributed by atoms with van der Waals surface area (Å²) in [6, 6.07) is 3.28. The number of aromatic amines is 1. The van der Waals surface area contributed by atoms with Crippen LogP contribution in [0.3, 0.4) is 0 Å². The van der Waals surface area contributed by atoms with Gasteiger partial charge in [-0.05, 0) is 12.5 Å². The number of H-pyrrole nitrogens is 1. The SMILES string of the molecule is CC(O)C(NC(=O)C(Cc1ccccc1)NC(=O)C(CO)NC(=O)C(N)Cc1cnc[nH]1)C(=O)O. The molecule has 3 amide bonds. The predicted octanol–water partition coefficient (Wildman–Crippen LogP) is -2.57. The molecule has 2 rings (SSSR count). The van der Waals surface area contributed by atoms with Crippen molar-refractivity contribution in [3.05, 3.63) is 54.1 Å². The maximum Gasteiger partial charge on any atom is 0.328 e. The Hall–Kier alpha value is -3.81. The van der Waals surface area contributed by atoms with Gasteiger partial charge in [-0.15, -0.1) is 0 Å². The van der Waals surface area contributed by atoms with Crippen molar-refractivity contribution in [2.45, 2.75) is 50.0 Å². The van der Waals surface area contributed by atoms with E-state index < -0.39 is 60.6 Å². The Bertz CT molecular complexity index is 983. The highest BCUT2D eigenvalue weighted by atomic mass is 16.4. The third kappa shape index (κ3) is 8.48. The Kier molecular flexibility index (Phi) is 10.3. The highest BCUT2D eigenvalue weighted by Gasteiger charge is 2.32. The minimum Gasteiger partial charge on any atom is -0.480 e. The van der Waals surface area contributed by atoms with E-state index in [1.54, 1.807) is 30.3 Å². The number of amides is 3. The molecule has 1 aromatic heterocycles. The average Bonchev–Trinajstić information content (AvgIpc) is 3.33. The second-order valence-electron chi connectivity index (χ2n) is 7.95. The van der Waals surface area contributed by atoms with E-state index in [1.165, 1.54) is 19.4 Å². The van der Waals surface area contributed by atoms with Crippen LogP contribution in [-0.4, -0.2) is 85.9 Å². The Labute approximate surface area is 201 Å². The van der Waals surface area contributed by atoms with E-state index in [0.29, 0.717) is 11.3 Å². The number of aromatic nitrogens is 2. The monoisotopic (exact) mass is 490 g/mol. The molecule has 5 atom stereocenters. The van der Waals surface area contributed by atoms with Gasteiger partial charge in [0.05, 0.1) is 25.1 Å². The van der Waals surface area contributed by atoms with Crippen molar-refractivity contribution in [1.29, 1.82) is 0 Å². The van der Waals surface area contributed by atoms with Crippen molar-refractivity contribution in [1.82, 2.24) is 25.9 Å². The molecule has 0 saturated heterocycles. The summed E-state index contributed by atoms with van der Waals surface area (Å²) in [5.74, 6) is -3.91. The molecule has 13 heteroatoms. The van der Waals surface area contributed by atoms with E-state index >= 15 is 0 Å². The number of aliphatic carboxylic acids is 1. The summed E-state index contributed by atoms with van der Waals surface area (Å²) < 4.78 is 0. The zero-order valence-electron chi connectivity index (χ0n) is 19.0. The highest BCUT2D eigenvalue weighted by molar-refractivity contribution is 5.94. The summed E-state index contributed by atoms with van der Waals surface area (Å²) in [5, 5.41) is 35.6. The maximum absolute atomic E-state index is 12.8. The van der Waals surface area contributed by atoms with E-state index in [1.807, 2.05) is 0 Å². The Morgan fingerprint density at radius 2 is 1.63 bits per heavy atom. The molecule has 9 N–H and O–H groups in total. The smallest absolute Gasteiger partial charge is 0.328 e. The lowest BCUT2D eigenvalue weighted by Gasteiger charge is -2.25. The van der Waals surface area contributed by atoms with Crippen molar-refractivity contribution in [3.8, 4) is 0 Å². The van der Waals surface area contributed by atoms with Crippen molar-refractivity contribution in [2.24, 2.45) is 5.73 Å². The van der Waals surface area contributed by atoms with Crippen LogP contribution in [-0.2, 0) is 32.0 Å². The molecule has 1 heterocycles. The van der Waals surface area contributed by atoms with Crippen LogP contribution in [0.2, 0.25) is 0 Å². The molecule has 35 heavy (non-hydrogen) atoms. The van der Waals surface area contributed by atoms with Gasteiger partial charge < -0.3 is 42.0 Å². The summed E-state index contributed by atoms with van der Waals surface area (Å²) in [5.41, 5.74) is 7.11. The van der Waals surface area contributed by atoms with Crippen LogP contribution in [0.1, 0.15) is 18.2 Å². The van der Waals surface area contributed by atoms with Crippen LogP contribution >= 0.6 is 0 Å². The fourth-order valence-corrected chi connectivity index (χ4v) is 3.17. The highest BCUT2D eigenvalue weighted by Crippen LogP contribution is 2.06. The molecule has 5 unspecified atom stereocenters. The number of carbonyl (C=O) groups is 4. The number of aliphatic hydroxyl groups excluding tert-OH is 2. The Morgan fingerprint density at radius 1 is 1.00 bits per heavy atom. The fraction of sp³-hybridized carbons (Fsp3) is 0.409. The van der Waals surface area contributed by atoms with Crippen molar-refractivity contribution in [3.63, 3.8) is 0 Å². The number of carboxylic acids is 1. The van der Waals surface area contributed by atoms with Crippen LogP contribution in [0.25, 0.3) is 0 Å². The third-order valence-corrected chi connectivity index (χ3v) is 5.11. The van der Waals surface area contributed by atoms with Gasteiger partial charge in [0.25, 0.3) is 0 Å². The summed E-state index contributed by atoms with van der Waals surface area (Å²) in [6.07, 6.45) is 1.61. The number of nitrogens with zero attached hydrogens (tertiary/aromatic N) is 1. The van der Waals surface area contributed by atoms with Gasteiger partial charge in [0.15, 0.2) is 6.04 Å². The standard InChI is InChI=1S/C22H30N6O7/c1-12(30)18(22(34)35)28-20(32)16(7-13-5-3-2-4-6-13)26-21(33)17(10-29)27-19(31)15(23)8-14-9-24-11-25-14/h2-6,9,11-12,15-18,29-30H,7-8,10,23H2,1H3,(H,24,25)(H,26,33)(H,27,31)(H,28,32)(H,34,35). The van der Waals surface area contributed by atoms with Gasteiger partial charge in [0.2, 0.25) is 17.7 Å². The van der Waals surface area contributed by atoms with E-state index in [9.17, 15) is 34.5 Å². The lowest BCUT2D eigenvalue weighted by atomic mass is 10.0. The van der Waals surface area contributed by atoms with E-state index in [2.05, 4.69) is 25.9 Å². The molecule has 0 bridgehead atoms. The van der Waals surface area contributed by atoms with Crippen LogP contribution in [0, 0.1) is 0 Å². The van der Waals surface area contributed by atoms with Crippen molar-refractivity contribution in [2.75, 3.05) is 6.61 Å². The van der Waals surface area contributed by atoms with Crippen molar-refractivity contribution < 1.29 is 34.5 Å². The largest absolute Gasteiger partial charge is 0.480 e. The Morgan fingerprint density at radius 3 is 2.17 bits per heavy atom. The molecule has 0 aliphatic rings. The number of hydrogen-bond donors (Lipinski definition) is 8. The molecule has 190 valence electrons. The summed E-state index contributed by atoms with van der Waals surface area (Å²) in [7, 11) is 0. The first-order chi connectivity index (χ1) is 16.6. The average molecular weight is 491 g/mol. The lowest BCUT2D eigenvalue weighted by molar-refractivity contribution is -0.145. The first-order valence-electron chi connectivity index (χ1n) is 10.8. The number of aliphatic hydroxyl groups is 2. The minimum atomic E-state index is -1.61. The normalized spacial score (nSPS) is 15.2. The summed E-state index contributed by atoms with van der Waals surface area (Å²) >= 11 is 0. The first kappa shape index (κ1) is 27.4. The number of nitrogens with one attached hydrogen (secondary N) is 4. The van der Waals surface area contributed by atoms with Crippen LogP contribution in [0.5, 0.6) is 0 Å². The van der Waals surface area contributed by atoms with E-state index in [4.69, 9.17) is 5.73 Å². The molecule has 0 saturated carbocycles. The van der Waals surface area contributed by atoms with Crippen molar-refractivity contribution >= 4 is 23.7 Å². The molecule has 2 aromatic rings. The number of hydrogen-bond acceptors (Lipinski definition) is 8. The number of carboxylic acid groups (broad SMARTS) is 1. The molecule has 0 aliphatic carbocycles. The van der Waals surface area contributed by atoms with E-state index in [-0.39, 0.29) is 12.8 Å². The number of benzene rings is 1. The predicted molar refractivity (Wildman–Crippen MR) is 123 cm³/mol. The molecule has 0 spiro atoms. The number of rotatable bonds is 13. The third-order valence-electron chi connectivity index (χ3n) is 5.11. The molecular weight excluding hydrogens is 460 g/mol. The number of imidazole rings is 1. The van der Waals surface area contributed by atoms with Gasteiger partial charge in [0, 0.05) is 24.7 Å². The first-order valence-corrected chi connectivity index (χ1v) is 10.8. The zero-order chi connectivity index (χ0) is 26.0. The number of carbonyl (C=O) groups excluding carboxylic acids is 3. The van der Waals surface area contributed by atoms with Gasteiger partial charge in [-0.1, -0.05) is 30.3 Å². The molecule has 0 aliphatic heterocycles. The van der Waals surface area contributed by atoms with Gasteiger partial charge in [-0.3, -0.25) is 14.4 Å². The van der Waals surface area contributed by atoms with E-state index in [0.717, 1.165) is 0 Å². The van der Waals surface area contributed by atoms with Crippen LogP contribution < -0.4 is 21.7 Å². The van der Waals surface area contributed by atoms with Gasteiger partial charge in [0.1, 0.15) is 12.1 Å². The van der Waals surface area contributed by atoms with Gasteiger partial charge >= 0.3 is 5.97 Å². The van der Waals surface area contributed by atoms with Gasteiger partial charge in [-0.2, -0.15) is 0 Å². The molecule has 13 nitrogen and oxygen atoms in total. The minimum absolute atomic E-state index is 0.0179. The molecular formula is C22H30N6O7. The molecule has 0 radical (unpaired) electrons. The van der Waals surface area contributed by atoms with Crippen LogP contribution in [0.4, 0.5) is 0 Å². The summed E-state index contributed by atoms with van der Waals surface area (Å²) in [4.78, 5) is 56.1. The quantitative estimate of drug-likeness (QED) is 0.148. The van der Waals surface area contributed by atoms with Crippen LogP contribution in [0.15, 0.2) is 42.9 Å². The lowest BCUT2D eigenvalue weighted by Crippen LogP contribution is -2.59.